The number of hydrogen-bond donors (Lipinski definition) is 0. The Morgan fingerprint density at radius 1 is 1.05 bits per heavy atom. The highest BCUT2D eigenvalue weighted by atomic mass is 19.4. The van der Waals surface area contributed by atoms with Crippen LogP contribution in [0.3, 0.4) is 0 Å². The van der Waals surface area contributed by atoms with Gasteiger partial charge >= 0.3 is 12.3 Å². The molecule has 3 nitrogen and oxygen atoms in total. The topological polar surface area (TPSA) is 27.7 Å². The number of halogens is 5. The summed E-state index contributed by atoms with van der Waals surface area (Å²) in [6.07, 6.45) is -7.32. The summed E-state index contributed by atoms with van der Waals surface area (Å²) in [6.45, 7) is 1.08. The van der Waals surface area contributed by atoms with Crippen LogP contribution in [0.2, 0.25) is 0 Å². The Labute approximate surface area is 123 Å². The van der Waals surface area contributed by atoms with Crippen LogP contribution in [0.4, 0.5) is 22.0 Å². The molecule has 0 unspecified atom stereocenters. The summed E-state index contributed by atoms with van der Waals surface area (Å²) in [5.41, 5.74) is 0.626. The van der Waals surface area contributed by atoms with Gasteiger partial charge in [-0.1, -0.05) is 24.3 Å². The minimum absolute atomic E-state index is 0.302. The number of rotatable bonds is 5. The molecule has 0 saturated carbocycles. The van der Waals surface area contributed by atoms with Gasteiger partial charge in [0, 0.05) is 6.42 Å². The summed E-state index contributed by atoms with van der Waals surface area (Å²) in [6, 6.07) is 4.83. The van der Waals surface area contributed by atoms with Gasteiger partial charge in [-0.05, 0) is 17.7 Å². The molecule has 0 atom stereocenters. The van der Waals surface area contributed by atoms with Crippen LogP contribution in [0.25, 0.3) is 6.08 Å². The molecule has 122 valence electrons. The molecule has 1 saturated heterocycles. The first-order valence-corrected chi connectivity index (χ1v) is 6.41. The van der Waals surface area contributed by atoms with Crippen LogP contribution in [0.1, 0.15) is 12.0 Å². The molecule has 1 heterocycles. The van der Waals surface area contributed by atoms with Crippen LogP contribution in [-0.4, -0.2) is 31.8 Å². The second kappa shape index (κ2) is 6.62. The summed E-state index contributed by atoms with van der Waals surface area (Å²) in [5.74, 6) is -0.568. The van der Waals surface area contributed by atoms with E-state index in [-0.39, 0.29) is 6.29 Å². The number of hydrogen-bond acceptors (Lipinski definition) is 3. The molecule has 8 heteroatoms. The normalized spacial score (nSPS) is 17.3. The standard InChI is InChI=1S/C14H13F5O3/c15-13(16,17)14(18,19)22-11-6-4-10(5-7-11)2-1-3-12-20-8-9-21-12/h1-2,4-7,12H,3,8-9H2. The highest BCUT2D eigenvalue weighted by molar-refractivity contribution is 5.50. The van der Waals surface area contributed by atoms with E-state index >= 15 is 0 Å². The Balaban J connectivity index is 1.91. The molecular weight excluding hydrogens is 311 g/mol. The lowest BCUT2D eigenvalue weighted by atomic mass is 10.2. The second-order valence-corrected chi connectivity index (χ2v) is 4.49. The van der Waals surface area contributed by atoms with Gasteiger partial charge in [0.05, 0.1) is 13.2 Å². The van der Waals surface area contributed by atoms with E-state index in [4.69, 9.17) is 9.47 Å². The minimum Gasteiger partial charge on any atom is -0.426 e. The first kappa shape index (κ1) is 16.7. The van der Waals surface area contributed by atoms with E-state index in [1.54, 1.807) is 12.2 Å². The van der Waals surface area contributed by atoms with E-state index in [1.807, 2.05) is 0 Å². The molecule has 1 aliphatic rings. The first-order valence-electron chi connectivity index (χ1n) is 6.41. The molecule has 0 bridgehead atoms. The zero-order valence-electron chi connectivity index (χ0n) is 11.3. The van der Waals surface area contributed by atoms with E-state index in [1.165, 1.54) is 12.1 Å². The lowest BCUT2D eigenvalue weighted by Crippen LogP contribution is -2.41. The van der Waals surface area contributed by atoms with Crippen molar-refractivity contribution in [2.75, 3.05) is 13.2 Å². The minimum atomic E-state index is -5.76. The van der Waals surface area contributed by atoms with E-state index in [0.29, 0.717) is 25.2 Å². The van der Waals surface area contributed by atoms with Gasteiger partial charge < -0.3 is 14.2 Å². The van der Waals surface area contributed by atoms with Gasteiger partial charge in [0.15, 0.2) is 6.29 Å². The predicted octanol–water partition coefficient (Wildman–Crippen LogP) is 4.00. The molecule has 0 aliphatic carbocycles. The molecule has 1 aromatic rings. The quantitative estimate of drug-likeness (QED) is 0.766. The summed E-state index contributed by atoms with van der Waals surface area (Å²) in [4.78, 5) is 0. The lowest BCUT2D eigenvalue weighted by molar-refractivity contribution is -0.360. The number of alkyl halides is 5. The zero-order chi connectivity index (χ0) is 16.2. The van der Waals surface area contributed by atoms with Crippen LogP contribution in [0.15, 0.2) is 30.3 Å². The largest absolute Gasteiger partial charge is 0.499 e. The van der Waals surface area contributed by atoms with Crippen molar-refractivity contribution in [1.29, 1.82) is 0 Å². The van der Waals surface area contributed by atoms with Crippen LogP contribution < -0.4 is 4.74 Å². The predicted molar refractivity (Wildman–Crippen MR) is 67.4 cm³/mol. The van der Waals surface area contributed by atoms with Gasteiger partial charge in [0.2, 0.25) is 0 Å². The highest BCUT2D eigenvalue weighted by Crippen LogP contribution is 2.37. The van der Waals surface area contributed by atoms with Crippen molar-refractivity contribution in [2.45, 2.75) is 25.0 Å². The molecule has 1 fully saturated rings. The Kier molecular flexibility index (Phi) is 5.02. The van der Waals surface area contributed by atoms with Gasteiger partial charge in [-0.15, -0.1) is 0 Å². The average Bonchev–Trinajstić information content (AvgIpc) is 2.92. The second-order valence-electron chi connectivity index (χ2n) is 4.49. The molecule has 0 radical (unpaired) electrons. The van der Waals surface area contributed by atoms with Crippen molar-refractivity contribution in [3.05, 3.63) is 35.9 Å². The Bertz CT molecular complexity index is 504. The fourth-order valence-electron chi connectivity index (χ4n) is 1.71. The molecular formula is C14H13F5O3. The maximum atomic E-state index is 12.7. The first-order chi connectivity index (χ1) is 10.3. The summed E-state index contributed by atoms with van der Waals surface area (Å²) in [5, 5.41) is 0. The fraction of sp³-hybridized carbons (Fsp3) is 0.429. The molecule has 0 spiro atoms. The van der Waals surface area contributed by atoms with Crippen molar-refractivity contribution < 1.29 is 36.2 Å². The van der Waals surface area contributed by atoms with E-state index < -0.39 is 18.0 Å². The van der Waals surface area contributed by atoms with Crippen LogP contribution in [-0.2, 0) is 9.47 Å². The van der Waals surface area contributed by atoms with E-state index in [9.17, 15) is 22.0 Å². The molecule has 1 aliphatic heterocycles. The maximum absolute atomic E-state index is 12.7. The Morgan fingerprint density at radius 3 is 2.18 bits per heavy atom. The van der Waals surface area contributed by atoms with Crippen LogP contribution >= 0.6 is 0 Å². The molecule has 1 aromatic carbocycles. The highest BCUT2D eigenvalue weighted by Gasteiger charge is 2.61. The zero-order valence-corrected chi connectivity index (χ0v) is 11.3. The van der Waals surface area contributed by atoms with Crippen molar-refractivity contribution in [3.8, 4) is 5.75 Å². The summed E-state index contributed by atoms with van der Waals surface area (Å²) < 4.78 is 75.5. The average molecular weight is 324 g/mol. The van der Waals surface area contributed by atoms with Crippen molar-refractivity contribution >= 4 is 6.08 Å². The molecule has 0 N–H and O–H groups in total. The molecule has 0 amide bonds. The van der Waals surface area contributed by atoms with Crippen molar-refractivity contribution in [3.63, 3.8) is 0 Å². The maximum Gasteiger partial charge on any atom is 0.499 e. The summed E-state index contributed by atoms with van der Waals surface area (Å²) >= 11 is 0. The smallest absolute Gasteiger partial charge is 0.426 e. The van der Waals surface area contributed by atoms with Crippen LogP contribution in [0, 0.1) is 0 Å². The number of ether oxygens (including phenoxy) is 3. The fourth-order valence-corrected chi connectivity index (χ4v) is 1.71. The third-order valence-corrected chi connectivity index (χ3v) is 2.79. The van der Waals surface area contributed by atoms with Gasteiger partial charge in [0.1, 0.15) is 5.75 Å². The van der Waals surface area contributed by atoms with E-state index in [2.05, 4.69) is 4.74 Å². The van der Waals surface area contributed by atoms with Crippen molar-refractivity contribution in [2.24, 2.45) is 0 Å². The molecule has 2 rings (SSSR count). The van der Waals surface area contributed by atoms with Gasteiger partial charge in [0.25, 0.3) is 0 Å². The SMILES string of the molecule is FC(F)(F)C(F)(F)Oc1ccc(C=CCC2OCCO2)cc1. The molecule has 22 heavy (non-hydrogen) atoms. The molecule has 0 aromatic heterocycles. The van der Waals surface area contributed by atoms with Gasteiger partial charge in [-0.25, -0.2) is 0 Å². The third kappa shape index (κ3) is 4.41. The number of benzene rings is 1. The third-order valence-electron chi connectivity index (χ3n) is 2.79. The van der Waals surface area contributed by atoms with Gasteiger partial charge in [-0.3, -0.25) is 0 Å². The summed E-state index contributed by atoms with van der Waals surface area (Å²) in [7, 11) is 0. The lowest BCUT2D eigenvalue weighted by Gasteiger charge is -2.20. The van der Waals surface area contributed by atoms with E-state index in [0.717, 1.165) is 12.1 Å². The van der Waals surface area contributed by atoms with Crippen LogP contribution in [0.5, 0.6) is 5.75 Å². The monoisotopic (exact) mass is 324 g/mol. The Hall–Kier alpha value is -1.67. The Morgan fingerprint density at radius 2 is 1.64 bits per heavy atom. The van der Waals surface area contributed by atoms with Gasteiger partial charge in [-0.2, -0.15) is 22.0 Å². The van der Waals surface area contributed by atoms with Crippen molar-refractivity contribution in [1.82, 2.24) is 0 Å².